The Labute approximate surface area is 149 Å². The molecule has 1 fully saturated rings. The van der Waals surface area contributed by atoms with Crippen molar-refractivity contribution < 1.29 is 18.0 Å². The smallest absolute Gasteiger partial charge is 0.398 e. The number of nitrogen functional groups attached to an aromatic ring is 1. The topological polar surface area (TPSA) is 58.4 Å². The molecule has 1 aliphatic rings. The van der Waals surface area contributed by atoms with Crippen molar-refractivity contribution >= 4 is 11.6 Å². The van der Waals surface area contributed by atoms with Gasteiger partial charge in [-0.05, 0) is 36.2 Å². The monoisotopic (exact) mass is 363 g/mol. The van der Waals surface area contributed by atoms with Gasteiger partial charge in [0.2, 0.25) is 0 Å². The quantitative estimate of drug-likeness (QED) is 0.820. The number of nitrogens with one attached hydrogen (secondary N) is 1. The number of nitrogens with two attached hydrogens (primary N) is 1. The number of hydrogen-bond acceptors (Lipinski definition) is 3. The molecule has 1 saturated heterocycles. The zero-order valence-electron chi connectivity index (χ0n) is 14.1. The first-order valence-electron chi connectivity index (χ1n) is 8.37. The molecule has 0 spiro atoms. The summed E-state index contributed by atoms with van der Waals surface area (Å²) < 4.78 is 37.8. The van der Waals surface area contributed by atoms with Crippen molar-refractivity contribution in [2.75, 3.05) is 18.8 Å². The van der Waals surface area contributed by atoms with Crippen LogP contribution in [0.25, 0.3) is 0 Å². The predicted octanol–water partition coefficient (Wildman–Crippen LogP) is 3.29. The van der Waals surface area contributed by atoms with E-state index in [0.717, 1.165) is 30.7 Å². The van der Waals surface area contributed by atoms with Gasteiger partial charge in [-0.3, -0.25) is 9.69 Å². The fourth-order valence-corrected chi connectivity index (χ4v) is 3.12. The Morgan fingerprint density at radius 1 is 1.15 bits per heavy atom. The van der Waals surface area contributed by atoms with Gasteiger partial charge in [-0.1, -0.05) is 24.3 Å². The molecule has 2 aromatic carbocycles. The van der Waals surface area contributed by atoms with E-state index in [9.17, 15) is 18.0 Å². The third kappa shape index (κ3) is 4.35. The van der Waals surface area contributed by atoms with E-state index in [-0.39, 0.29) is 11.9 Å². The summed E-state index contributed by atoms with van der Waals surface area (Å²) >= 11 is 0. The van der Waals surface area contributed by atoms with E-state index in [4.69, 9.17) is 5.73 Å². The largest absolute Gasteiger partial charge is 0.416 e. The second-order valence-electron chi connectivity index (χ2n) is 6.48. The lowest BCUT2D eigenvalue weighted by Crippen LogP contribution is -2.37. The average molecular weight is 363 g/mol. The third-order valence-electron chi connectivity index (χ3n) is 4.50. The summed E-state index contributed by atoms with van der Waals surface area (Å²) in [6.07, 6.45) is -3.53. The first-order valence-corrected chi connectivity index (χ1v) is 8.37. The highest BCUT2D eigenvalue weighted by atomic mass is 19.4. The Morgan fingerprint density at radius 3 is 2.50 bits per heavy atom. The van der Waals surface area contributed by atoms with Crippen LogP contribution in [-0.4, -0.2) is 29.9 Å². The normalized spacial score (nSPS) is 18.0. The highest BCUT2D eigenvalue weighted by Gasteiger charge is 2.30. The van der Waals surface area contributed by atoms with Gasteiger partial charge in [-0.15, -0.1) is 0 Å². The zero-order chi connectivity index (χ0) is 18.7. The molecule has 3 rings (SSSR count). The van der Waals surface area contributed by atoms with Crippen LogP contribution in [0, 0.1) is 0 Å². The number of carbonyl (C=O) groups is 1. The van der Waals surface area contributed by atoms with E-state index in [1.807, 2.05) is 0 Å². The molecule has 2 aromatic rings. The molecule has 0 aromatic heterocycles. The number of carbonyl (C=O) groups excluding carboxylic acids is 1. The average Bonchev–Trinajstić information content (AvgIpc) is 3.01. The van der Waals surface area contributed by atoms with E-state index < -0.39 is 11.7 Å². The number of rotatable bonds is 4. The summed E-state index contributed by atoms with van der Waals surface area (Å²) in [5.41, 5.74) is 6.88. The number of alkyl halides is 3. The SMILES string of the molecule is Nc1ccccc1C(=O)NC1CCN(Cc2ccc(C(F)(F)F)cc2)C1. The summed E-state index contributed by atoms with van der Waals surface area (Å²) in [7, 11) is 0. The van der Waals surface area contributed by atoms with Crippen molar-refractivity contribution in [3.05, 3.63) is 65.2 Å². The number of para-hydroxylation sites is 1. The maximum absolute atomic E-state index is 12.6. The first kappa shape index (κ1) is 18.3. The molecule has 1 heterocycles. The molecule has 1 atom stereocenters. The fraction of sp³-hybridized carbons (Fsp3) is 0.316. The number of likely N-dealkylation sites (tertiary alicyclic amines) is 1. The number of amides is 1. The third-order valence-corrected chi connectivity index (χ3v) is 4.50. The molecule has 26 heavy (non-hydrogen) atoms. The Bertz CT molecular complexity index is 774. The molecule has 4 nitrogen and oxygen atoms in total. The highest BCUT2D eigenvalue weighted by Crippen LogP contribution is 2.29. The lowest BCUT2D eigenvalue weighted by Gasteiger charge is -2.17. The molecule has 1 amide bonds. The van der Waals surface area contributed by atoms with Gasteiger partial charge < -0.3 is 11.1 Å². The minimum Gasteiger partial charge on any atom is -0.398 e. The predicted molar refractivity (Wildman–Crippen MR) is 93.4 cm³/mol. The number of anilines is 1. The Balaban J connectivity index is 1.54. The van der Waals surface area contributed by atoms with Crippen LogP contribution in [-0.2, 0) is 12.7 Å². The van der Waals surface area contributed by atoms with E-state index in [0.29, 0.717) is 24.3 Å². The number of halogens is 3. The molecular formula is C19H20F3N3O. The van der Waals surface area contributed by atoms with Gasteiger partial charge in [-0.2, -0.15) is 13.2 Å². The minimum atomic E-state index is -4.32. The maximum Gasteiger partial charge on any atom is 0.416 e. The highest BCUT2D eigenvalue weighted by molar-refractivity contribution is 5.99. The van der Waals surface area contributed by atoms with Crippen LogP contribution in [0.3, 0.4) is 0 Å². The van der Waals surface area contributed by atoms with Gasteiger partial charge in [-0.25, -0.2) is 0 Å². The van der Waals surface area contributed by atoms with Crippen LogP contribution in [0.1, 0.15) is 27.9 Å². The molecule has 3 N–H and O–H groups in total. The minimum absolute atomic E-state index is 0.00319. The molecule has 138 valence electrons. The first-order chi connectivity index (χ1) is 12.3. The molecule has 0 aliphatic carbocycles. The van der Waals surface area contributed by atoms with Crippen molar-refractivity contribution in [3.63, 3.8) is 0 Å². The molecule has 0 bridgehead atoms. The van der Waals surface area contributed by atoms with Crippen LogP contribution in [0.5, 0.6) is 0 Å². The van der Waals surface area contributed by atoms with Crippen LogP contribution in [0.15, 0.2) is 48.5 Å². The van der Waals surface area contributed by atoms with Crippen LogP contribution < -0.4 is 11.1 Å². The summed E-state index contributed by atoms with van der Waals surface area (Å²) in [5.74, 6) is -0.204. The van der Waals surface area contributed by atoms with E-state index >= 15 is 0 Å². The van der Waals surface area contributed by atoms with Gasteiger partial charge in [0, 0.05) is 31.4 Å². The van der Waals surface area contributed by atoms with Gasteiger partial charge in [0.05, 0.1) is 11.1 Å². The fourth-order valence-electron chi connectivity index (χ4n) is 3.12. The molecule has 7 heteroatoms. The standard InChI is InChI=1S/C19H20F3N3O/c20-19(21,22)14-7-5-13(6-8-14)11-25-10-9-15(12-25)24-18(26)16-3-1-2-4-17(16)23/h1-8,15H,9-12,23H2,(H,24,26). The maximum atomic E-state index is 12.6. The summed E-state index contributed by atoms with van der Waals surface area (Å²) in [5, 5.41) is 2.97. The summed E-state index contributed by atoms with van der Waals surface area (Å²) in [4.78, 5) is 14.4. The number of nitrogens with zero attached hydrogens (tertiary/aromatic N) is 1. The molecule has 0 radical (unpaired) electrons. The van der Waals surface area contributed by atoms with Crippen molar-refractivity contribution in [1.29, 1.82) is 0 Å². The van der Waals surface area contributed by atoms with Gasteiger partial charge in [0.1, 0.15) is 0 Å². The van der Waals surface area contributed by atoms with Crippen molar-refractivity contribution in [3.8, 4) is 0 Å². The van der Waals surface area contributed by atoms with Gasteiger partial charge >= 0.3 is 6.18 Å². The van der Waals surface area contributed by atoms with Crippen LogP contribution in [0.2, 0.25) is 0 Å². The van der Waals surface area contributed by atoms with Crippen LogP contribution >= 0.6 is 0 Å². The van der Waals surface area contributed by atoms with Crippen LogP contribution in [0.4, 0.5) is 18.9 Å². The lowest BCUT2D eigenvalue weighted by molar-refractivity contribution is -0.137. The van der Waals surface area contributed by atoms with E-state index in [2.05, 4.69) is 10.2 Å². The second-order valence-corrected chi connectivity index (χ2v) is 6.48. The Morgan fingerprint density at radius 2 is 1.85 bits per heavy atom. The Kier molecular flexibility index (Phi) is 5.18. The summed E-state index contributed by atoms with van der Waals surface area (Å²) in [6.45, 7) is 1.98. The van der Waals surface area contributed by atoms with E-state index in [1.54, 1.807) is 24.3 Å². The molecule has 1 aliphatic heterocycles. The van der Waals surface area contributed by atoms with E-state index in [1.165, 1.54) is 12.1 Å². The zero-order valence-corrected chi connectivity index (χ0v) is 14.1. The molecule has 1 unspecified atom stereocenters. The van der Waals surface area contributed by atoms with Crippen molar-refractivity contribution in [1.82, 2.24) is 10.2 Å². The molecular weight excluding hydrogens is 343 g/mol. The van der Waals surface area contributed by atoms with Gasteiger partial charge in [0.15, 0.2) is 0 Å². The van der Waals surface area contributed by atoms with Crippen molar-refractivity contribution in [2.24, 2.45) is 0 Å². The van der Waals surface area contributed by atoms with Crippen molar-refractivity contribution in [2.45, 2.75) is 25.2 Å². The Hall–Kier alpha value is -2.54. The lowest BCUT2D eigenvalue weighted by atomic mass is 10.1. The van der Waals surface area contributed by atoms with Gasteiger partial charge in [0.25, 0.3) is 5.91 Å². The number of hydrogen-bond donors (Lipinski definition) is 2. The summed E-state index contributed by atoms with van der Waals surface area (Å²) in [6, 6.07) is 12.1. The molecule has 0 saturated carbocycles. The second kappa shape index (κ2) is 7.37. The number of benzene rings is 2.